The number of aryl methyl sites for hydroxylation is 1. The molecule has 1 saturated heterocycles. The zero-order chi connectivity index (χ0) is 25.6. The molecule has 2 atom stereocenters. The third-order valence-corrected chi connectivity index (χ3v) is 8.48. The van der Waals surface area contributed by atoms with Crippen molar-refractivity contribution in [2.24, 2.45) is 11.3 Å². The van der Waals surface area contributed by atoms with Crippen molar-refractivity contribution in [1.29, 1.82) is 0 Å². The second-order valence-electron chi connectivity index (χ2n) is 11.7. The first-order chi connectivity index (χ1) is 17.2. The van der Waals surface area contributed by atoms with Crippen LogP contribution >= 0.6 is 0 Å². The van der Waals surface area contributed by atoms with E-state index in [1.807, 2.05) is 30.6 Å². The summed E-state index contributed by atoms with van der Waals surface area (Å²) >= 11 is 0. The van der Waals surface area contributed by atoms with Crippen molar-refractivity contribution in [1.82, 2.24) is 14.9 Å². The lowest BCUT2D eigenvalue weighted by Gasteiger charge is -2.56. The Balaban J connectivity index is 1.46. The van der Waals surface area contributed by atoms with Crippen LogP contribution in [0, 0.1) is 11.3 Å². The molecule has 1 aromatic carbocycles. The molecule has 190 valence electrons. The highest BCUT2D eigenvalue weighted by Crippen LogP contribution is 2.51. The molecule has 2 aromatic heterocycles. The molecule has 1 unspecified atom stereocenters. The molecule has 0 bridgehead atoms. The van der Waals surface area contributed by atoms with Gasteiger partial charge in [0, 0.05) is 42.7 Å². The Labute approximate surface area is 215 Å². The van der Waals surface area contributed by atoms with Crippen LogP contribution in [0.5, 0.6) is 0 Å². The van der Waals surface area contributed by atoms with Crippen molar-refractivity contribution in [3.8, 4) is 0 Å². The lowest BCUT2D eigenvalue weighted by Crippen LogP contribution is -2.63. The van der Waals surface area contributed by atoms with Crippen LogP contribution in [0.25, 0.3) is 0 Å². The van der Waals surface area contributed by atoms with Gasteiger partial charge in [0.15, 0.2) is 0 Å². The third kappa shape index (κ3) is 4.38. The number of benzene rings is 1. The van der Waals surface area contributed by atoms with Gasteiger partial charge in [-0.05, 0) is 79.5 Å². The predicted molar refractivity (Wildman–Crippen MR) is 143 cm³/mol. The van der Waals surface area contributed by atoms with Crippen molar-refractivity contribution < 1.29 is 10.2 Å². The number of rotatable bonds is 9. The molecule has 0 amide bonds. The standard InChI is InChI=1S/C31H39N3O2/c1-22(2)24-8-10-26(11-9-24)31(36,29(3)20-34(4)21-29)27-17-23(18-32-19-27)14-15-30(35,25-12-13-25)28-7-5-6-16-33-28/h5-11,16-19,22,25,35-36H,12-15,20-21H2,1-4H3/t30?,31-/m0/s1. The van der Waals surface area contributed by atoms with E-state index >= 15 is 0 Å². The van der Waals surface area contributed by atoms with Crippen LogP contribution in [-0.2, 0) is 17.6 Å². The van der Waals surface area contributed by atoms with Crippen LogP contribution < -0.4 is 0 Å². The molecule has 2 fully saturated rings. The smallest absolute Gasteiger partial charge is 0.124 e. The lowest BCUT2D eigenvalue weighted by atomic mass is 9.62. The third-order valence-electron chi connectivity index (χ3n) is 8.48. The van der Waals surface area contributed by atoms with E-state index in [4.69, 9.17) is 0 Å². The molecule has 0 spiro atoms. The van der Waals surface area contributed by atoms with E-state index in [1.165, 1.54) is 5.56 Å². The quantitative estimate of drug-likeness (QED) is 0.446. The summed E-state index contributed by atoms with van der Waals surface area (Å²) in [5.74, 6) is 0.691. The molecule has 0 radical (unpaired) electrons. The molecule has 5 nitrogen and oxygen atoms in total. The summed E-state index contributed by atoms with van der Waals surface area (Å²) < 4.78 is 0. The van der Waals surface area contributed by atoms with Crippen molar-refractivity contribution in [3.05, 3.63) is 95.1 Å². The summed E-state index contributed by atoms with van der Waals surface area (Å²) in [5, 5.41) is 24.1. The lowest BCUT2D eigenvalue weighted by molar-refractivity contribution is -0.127. The van der Waals surface area contributed by atoms with Crippen molar-refractivity contribution in [2.75, 3.05) is 20.1 Å². The first-order valence-corrected chi connectivity index (χ1v) is 13.3. The van der Waals surface area contributed by atoms with Gasteiger partial charge < -0.3 is 15.1 Å². The summed E-state index contributed by atoms with van der Waals surface area (Å²) in [5.41, 5.74) is 2.35. The molecule has 3 aromatic rings. The summed E-state index contributed by atoms with van der Waals surface area (Å²) in [4.78, 5) is 11.3. The normalized spacial score (nSPS) is 21.0. The number of aromatic nitrogens is 2. The van der Waals surface area contributed by atoms with Crippen molar-refractivity contribution >= 4 is 0 Å². The maximum Gasteiger partial charge on any atom is 0.124 e. The SMILES string of the molecule is CC(C)c1ccc([C@](O)(c2cncc(CCC(O)(c3ccccn3)C3CC3)c2)C2(C)CN(C)C2)cc1. The summed E-state index contributed by atoms with van der Waals surface area (Å²) in [6.07, 6.45) is 8.76. The Morgan fingerprint density at radius 2 is 1.75 bits per heavy atom. The molecule has 1 aliphatic carbocycles. The minimum absolute atomic E-state index is 0.254. The molecule has 36 heavy (non-hydrogen) atoms. The average Bonchev–Trinajstić information content (AvgIpc) is 3.73. The van der Waals surface area contributed by atoms with E-state index < -0.39 is 11.2 Å². The Morgan fingerprint density at radius 1 is 1.03 bits per heavy atom. The molecule has 1 aliphatic heterocycles. The highest BCUT2D eigenvalue weighted by atomic mass is 16.3. The first-order valence-electron chi connectivity index (χ1n) is 13.3. The summed E-state index contributed by atoms with van der Waals surface area (Å²) in [6.45, 7) is 8.15. The monoisotopic (exact) mass is 485 g/mol. The topological polar surface area (TPSA) is 69.5 Å². The molecule has 2 aliphatic rings. The second-order valence-corrected chi connectivity index (χ2v) is 11.7. The van der Waals surface area contributed by atoms with E-state index in [9.17, 15) is 10.2 Å². The molecular formula is C31H39N3O2. The molecule has 2 N–H and O–H groups in total. The largest absolute Gasteiger partial charge is 0.383 e. The first kappa shape index (κ1) is 25.1. The van der Waals surface area contributed by atoms with Gasteiger partial charge in [-0.25, -0.2) is 0 Å². The van der Waals surface area contributed by atoms with Crippen LogP contribution in [0.2, 0.25) is 0 Å². The predicted octanol–water partition coefficient (Wildman–Crippen LogP) is 5.02. The number of likely N-dealkylation sites (tertiary alicyclic amines) is 1. The fourth-order valence-corrected chi connectivity index (χ4v) is 6.22. The summed E-state index contributed by atoms with van der Waals surface area (Å²) in [7, 11) is 2.09. The Bertz CT molecular complexity index is 1190. The van der Waals surface area contributed by atoms with Crippen LogP contribution in [-0.4, -0.2) is 45.2 Å². The Hall–Kier alpha value is -2.60. The van der Waals surface area contributed by atoms with Crippen LogP contribution in [0.1, 0.15) is 73.9 Å². The second kappa shape index (κ2) is 9.37. The van der Waals surface area contributed by atoms with Gasteiger partial charge >= 0.3 is 0 Å². The van der Waals surface area contributed by atoms with Crippen LogP contribution in [0.4, 0.5) is 0 Å². The highest BCUT2D eigenvalue weighted by Gasteiger charge is 2.55. The minimum Gasteiger partial charge on any atom is -0.383 e. The Morgan fingerprint density at radius 3 is 2.33 bits per heavy atom. The minimum atomic E-state index is -1.16. The van der Waals surface area contributed by atoms with Gasteiger partial charge in [-0.3, -0.25) is 9.97 Å². The fraction of sp³-hybridized carbons (Fsp3) is 0.484. The average molecular weight is 486 g/mol. The highest BCUT2D eigenvalue weighted by molar-refractivity contribution is 5.42. The molecule has 5 rings (SSSR count). The van der Waals surface area contributed by atoms with Crippen molar-refractivity contribution in [3.63, 3.8) is 0 Å². The number of hydrogen-bond acceptors (Lipinski definition) is 5. The van der Waals surface area contributed by atoms with Crippen LogP contribution in [0.3, 0.4) is 0 Å². The van der Waals surface area contributed by atoms with E-state index in [0.717, 1.165) is 48.3 Å². The maximum atomic E-state index is 12.5. The summed E-state index contributed by atoms with van der Waals surface area (Å²) in [6, 6.07) is 16.3. The van der Waals surface area contributed by atoms with Gasteiger partial charge in [-0.2, -0.15) is 0 Å². The van der Waals surface area contributed by atoms with E-state index in [1.54, 1.807) is 6.20 Å². The molecular weight excluding hydrogens is 446 g/mol. The van der Waals surface area contributed by atoms with Gasteiger partial charge in [-0.1, -0.05) is 51.1 Å². The van der Waals surface area contributed by atoms with Gasteiger partial charge in [-0.15, -0.1) is 0 Å². The molecule has 5 heteroatoms. The zero-order valence-electron chi connectivity index (χ0n) is 22.0. The van der Waals surface area contributed by atoms with Gasteiger partial charge in [0.25, 0.3) is 0 Å². The van der Waals surface area contributed by atoms with Gasteiger partial charge in [0.05, 0.1) is 5.69 Å². The number of pyridine rings is 2. The number of aliphatic hydroxyl groups is 2. The maximum absolute atomic E-state index is 12.5. The van der Waals surface area contributed by atoms with E-state index in [0.29, 0.717) is 18.8 Å². The number of nitrogens with zero attached hydrogens (tertiary/aromatic N) is 3. The molecule has 3 heterocycles. The fourth-order valence-electron chi connectivity index (χ4n) is 6.22. The van der Waals surface area contributed by atoms with Gasteiger partial charge in [0.1, 0.15) is 11.2 Å². The Kier molecular flexibility index (Phi) is 6.52. The number of hydrogen-bond donors (Lipinski definition) is 2. The van der Waals surface area contributed by atoms with Crippen molar-refractivity contribution in [2.45, 2.75) is 63.6 Å². The van der Waals surface area contributed by atoms with E-state index in [2.05, 4.69) is 73.0 Å². The zero-order valence-corrected chi connectivity index (χ0v) is 22.0. The van der Waals surface area contributed by atoms with Crippen LogP contribution in [0.15, 0.2) is 67.1 Å². The van der Waals surface area contributed by atoms with E-state index in [-0.39, 0.29) is 11.3 Å². The molecule has 1 saturated carbocycles. The van der Waals surface area contributed by atoms with Gasteiger partial charge in [0.2, 0.25) is 0 Å².